The van der Waals surface area contributed by atoms with Crippen LogP contribution in [0.4, 0.5) is 4.39 Å². The van der Waals surface area contributed by atoms with Crippen molar-refractivity contribution in [1.82, 2.24) is 9.78 Å². The summed E-state index contributed by atoms with van der Waals surface area (Å²) < 4.78 is 14.7. The predicted octanol–water partition coefficient (Wildman–Crippen LogP) is 4.34. The van der Waals surface area contributed by atoms with Gasteiger partial charge in [0.2, 0.25) is 0 Å². The van der Waals surface area contributed by atoms with Gasteiger partial charge in [-0.15, -0.1) is 0 Å². The zero-order chi connectivity index (χ0) is 20.3. The second-order valence-corrected chi connectivity index (χ2v) is 6.84. The Kier molecular flexibility index (Phi) is 5.90. The van der Waals surface area contributed by atoms with Crippen LogP contribution in [0, 0.1) is 12.7 Å². The predicted molar refractivity (Wildman–Crippen MR) is 105 cm³/mol. The van der Waals surface area contributed by atoms with Crippen LogP contribution in [-0.4, -0.2) is 20.9 Å². The van der Waals surface area contributed by atoms with Crippen molar-refractivity contribution in [2.45, 2.75) is 26.3 Å². The highest BCUT2D eigenvalue weighted by atomic mass is 35.5. The Balaban J connectivity index is 1.92. The fourth-order valence-corrected chi connectivity index (χ4v) is 3.14. The zero-order valence-electron chi connectivity index (χ0n) is 15.2. The van der Waals surface area contributed by atoms with Gasteiger partial charge in [0, 0.05) is 17.1 Å². The number of halogens is 2. The molecule has 0 amide bonds. The Morgan fingerprint density at radius 2 is 1.96 bits per heavy atom. The lowest BCUT2D eigenvalue weighted by molar-refractivity contribution is 0.0693. The third-order valence-corrected chi connectivity index (χ3v) is 4.80. The number of nitrogens with zero attached hydrogens (tertiary/aromatic N) is 2. The largest absolute Gasteiger partial charge is 0.477 e. The maximum atomic E-state index is 13.5. The summed E-state index contributed by atoms with van der Waals surface area (Å²) in [6.45, 7) is 1.84. The average Bonchev–Trinajstić information content (AvgIpc) is 2.66. The van der Waals surface area contributed by atoms with E-state index in [1.54, 1.807) is 19.1 Å². The molecule has 1 heterocycles. The van der Waals surface area contributed by atoms with Gasteiger partial charge in [-0.2, -0.15) is 5.10 Å². The summed E-state index contributed by atoms with van der Waals surface area (Å²) in [4.78, 5) is 24.0. The van der Waals surface area contributed by atoms with Gasteiger partial charge >= 0.3 is 5.97 Å². The molecular weight excluding hydrogens is 383 g/mol. The molecule has 0 aliphatic carbocycles. The van der Waals surface area contributed by atoms with Gasteiger partial charge in [-0.1, -0.05) is 29.8 Å². The van der Waals surface area contributed by atoms with Crippen LogP contribution in [-0.2, 0) is 13.0 Å². The second-order valence-electron chi connectivity index (χ2n) is 6.44. The highest BCUT2D eigenvalue weighted by Gasteiger charge is 2.16. The number of aromatic nitrogens is 2. The second kappa shape index (κ2) is 8.35. The van der Waals surface area contributed by atoms with Crippen LogP contribution < -0.4 is 5.56 Å². The van der Waals surface area contributed by atoms with Crippen molar-refractivity contribution < 1.29 is 14.3 Å². The Morgan fingerprint density at radius 1 is 1.21 bits per heavy atom. The van der Waals surface area contributed by atoms with E-state index in [9.17, 15) is 19.1 Å². The number of carbonyl (C=O) groups is 1. The maximum Gasteiger partial charge on any atom is 0.341 e. The van der Waals surface area contributed by atoms with E-state index in [0.717, 1.165) is 10.2 Å². The van der Waals surface area contributed by atoms with Crippen molar-refractivity contribution in [3.63, 3.8) is 0 Å². The third kappa shape index (κ3) is 4.28. The first-order chi connectivity index (χ1) is 13.4. The number of benzene rings is 2. The van der Waals surface area contributed by atoms with E-state index >= 15 is 0 Å². The highest BCUT2D eigenvalue weighted by Crippen LogP contribution is 2.20. The molecule has 0 saturated carbocycles. The first-order valence-corrected chi connectivity index (χ1v) is 9.10. The average molecular weight is 401 g/mol. The Hall–Kier alpha value is -2.99. The van der Waals surface area contributed by atoms with Crippen LogP contribution in [0.3, 0.4) is 0 Å². The summed E-state index contributed by atoms with van der Waals surface area (Å²) in [5, 5.41) is 14.3. The van der Waals surface area contributed by atoms with Crippen molar-refractivity contribution >= 4 is 17.6 Å². The minimum absolute atomic E-state index is 0.234. The number of aromatic carboxylic acids is 1. The Bertz CT molecular complexity index is 1100. The molecule has 2 aromatic carbocycles. The van der Waals surface area contributed by atoms with Gasteiger partial charge in [0.05, 0.1) is 5.69 Å². The van der Waals surface area contributed by atoms with Crippen molar-refractivity contribution in [3.05, 3.63) is 86.4 Å². The van der Waals surface area contributed by atoms with E-state index in [-0.39, 0.29) is 17.9 Å². The number of rotatable bonds is 6. The molecule has 0 spiro atoms. The molecule has 0 unspecified atom stereocenters. The molecule has 0 bridgehead atoms. The lowest BCUT2D eigenvalue weighted by Crippen LogP contribution is -2.29. The summed E-state index contributed by atoms with van der Waals surface area (Å²) in [5.74, 6) is -1.69. The third-order valence-electron chi connectivity index (χ3n) is 4.43. The number of carboxylic acids is 1. The molecule has 0 aliphatic rings. The molecule has 5 nitrogen and oxygen atoms in total. The van der Waals surface area contributed by atoms with Crippen LogP contribution in [0.25, 0.3) is 11.3 Å². The van der Waals surface area contributed by atoms with Crippen molar-refractivity contribution in [3.8, 4) is 11.3 Å². The van der Waals surface area contributed by atoms with Crippen molar-refractivity contribution in [2.24, 2.45) is 0 Å². The van der Waals surface area contributed by atoms with Crippen molar-refractivity contribution in [1.29, 1.82) is 0 Å². The fraction of sp³-hybridized carbons (Fsp3) is 0.190. The molecule has 0 atom stereocenters. The molecule has 144 valence electrons. The van der Waals surface area contributed by atoms with Crippen LogP contribution in [0.5, 0.6) is 0 Å². The first-order valence-electron chi connectivity index (χ1n) is 8.72. The van der Waals surface area contributed by atoms with E-state index in [4.69, 9.17) is 11.6 Å². The number of carboxylic acid groups (broad SMARTS) is 1. The van der Waals surface area contributed by atoms with Gasteiger partial charge < -0.3 is 5.11 Å². The summed E-state index contributed by atoms with van der Waals surface area (Å²) in [6, 6.07) is 13.0. The minimum Gasteiger partial charge on any atom is -0.477 e. The van der Waals surface area contributed by atoms with Crippen LogP contribution in [0.15, 0.2) is 53.3 Å². The fourth-order valence-electron chi connectivity index (χ4n) is 2.91. The Morgan fingerprint density at radius 3 is 2.64 bits per heavy atom. The van der Waals surface area contributed by atoms with E-state index in [1.165, 1.54) is 18.2 Å². The zero-order valence-corrected chi connectivity index (χ0v) is 15.9. The number of aryl methyl sites for hydroxylation is 3. The lowest BCUT2D eigenvalue weighted by Gasteiger charge is -2.10. The van der Waals surface area contributed by atoms with Gasteiger partial charge in [0.15, 0.2) is 0 Å². The van der Waals surface area contributed by atoms with E-state index in [0.29, 0.717) is 34.7 Å². The van der Waals surface area contributed by atoms with E-state index in [1.807, 2.05) is 18.2 Å². The summed E-state index contributed by atoms with van der Waals surface area (Å²) >= 11 is 6.14. The van der Waals surface area contributed by atoms with E-state index < -0.39 is 11.5 Å². The van der Waals surface area contributed by atoms with Crippen LogP contribution >= 0.6 is 11.6 Å². The normalized spacial score (nSPS) is 10.8. The Labute approximate surface area is 166 Å². The number of hydrogen-bond acceptors (Lipinski definition) is 3. The van der Waals surface area contributed by atoms with Gasteiger partial charge in [-0.3, -0.25) is 4.79 Å². The highest BCUT2D eigenvalue weighted by molar-refractivity contribution is 6.31. The monoisotopic (exact) mass is 400 g/mol. The van der Waals surface area contributed by atoms with Crippen LogP contribution in [0.1, 0.15) is 27.9 Å². The standard InChI is InChI=1S/C21H18ClFN2O3/c1-13-11-15(8-9-18(13)23)19-12-16(21(27)28)20(26)25(24-19)10-4-6-14-5-2-3-7-17(14)22/h2-3,5,7-9,11-12H,4,6,10H2,1H3,(H,27,28). The van der Waals surface area contributed by atoms with E-state index in [2.05, 4.69) is 5.10 Å². The molecule has 0 fully saturated rings. The summed E-state index contributed by atoms with van der Waals surface area (Å²) in [6.07, 6.45) is 1.18. The molecule has 1 N–H and O–H groups in total. The smallest absolute Gasteiger partial charge is 0.341 e. The first kappa shape index (κ1) is 19.8. The molecule has 28 heavy (non-hydrogen) atoms. The van der Waals surface area contributed by atoms with Crippen molar-refractivity contribution in [2.75, 3.05) is 0 Å². The van der Waals surface area contributed by atoms with Gasteiger partial charge in [-0.25, -0.2) is 13.9 Å². The molecule has 3 rings (SSSR count). The minimum atomic E-state index is -1.33. The molecule has 3 aromatic rings. The molecule has 0 radical (unpaired) electrons. The summed E-state index contributed by atoms with van der Waals surface area (Å²) in [5.41, 5.74) is 1.16. The lowest BCUT2D eigenvalue weighted by atomic mass is 10.1. The molecular formula is C21H18ClFN2O3. The SMILES string of the molecule is Cc1cc(-c2cc(C(=O)O)c(=O)n(CCCc3ccccc3Cl)n2)ccc1F. The topological polar surface area (TPSA) is 72.2 Å². The molecule has 0 saturated heterocycles. The van der Waals surface area contributed by atoms with Gasteiger partial charge in [0.1, 0.15) is 11.4 Å². The van der Waals surface area contributed by atoms with Gasteiger partial charge in [-0.05, 0) is 61.2 Å². The molecule has 1 aromatic heterocycles. The summed E-state index contributed by atoms with van der Waals surface area (Å²) in [7, 11) is 0. The molecule has 7 heteroatoms. The molecule has 0 aliphatic heterocycles. The van der Waals surface area contributed by atoms with Gasteiger partial charge in [0.25, 0.3) is 5.56 Å². The number of hydrogen-bond donors (Lipinski definition) is 1. The maximum absolute atomic E-state index is 13.5. The van der Waals surface area contributed by atoms with Crippen LogP contribution in [0.2, 0.25) is 5.02 Å². The quantitative estimate of drug-likeness (QED) is 0.668.